The molecule has 0 heterocycles. The number of carbonyl (C=O) groups is 2. The van der Waals surface area contributed by atoms with Crippen molar-refractivity contribution in [1.29, 1.82) is 0 Å². The molecule has 0 saturated heterocycles. The molecular formula is C19H20ClNO3. The average Bonchev–Trinajstić information content (AvgIpc) is 2.55. The Kier molecular flexibility index (Phi) is 6.38. The monoisotopic (exact) mass is 345 g/mol. The fourth-order valence-electron chi connectivity index (χ4n) is 2.26. The van der Waals surface area contributed by atoms with E-state index < -0.39 is 6.04 Å². The van der Waals surface area contributed by atoms with Crippen LogP contribution in [0.25, 0.3) is 0 Å². The third kappa shape index (κ3) is 5.39. The third-order valence-electron chi connectivity index (χ3n) is 3.35. The smallest absolute Gasteiger partial charge is 0.308 e. The Morgan fingerprint density at radius 1 is 1.04 bits per heavy atom. The summed E-state index contributed by atoms with van der Waals surface area (Å²) in [4.78, 5) is 24.4. The molecule has 2 aromatic carbocycles. The van der Waals surface area contributed by atoms with Crippen LogP contribution in [0.5, 0.6) is 0 Å². The van der Waals surface area contributed by atoms with Gasteiger partial charge in [0.2, 0.25) is 0 Å². The van der Waals surface area contributed by atoms with Crippen LogP contribution in [0.4, 0.5) is 0 Å². The fourth-order valence-corrected chi connectivity index (χ4v) is 2.38. The lowest BCUT2D eigenvalue weighted by Crippen LogP contribution is -2.31. The molecule has 2 aromatic rings. The molecule has 1 atom stereocenters. The van der Waals surface area contributed by atoms with Crippen molar-refractivity contribution in [2.45, 2.75) is 32.4 Å². The normalized spacial score (nSPS) is 11.8. The number of nitrogens with one attached hydrogen (secondary N) is 1. The van der Waals surface area contributed by atoms with E-state index in [9.17, 15) is 9.59 Å². The van der Waals surface area contributed by atoms with E-state index in [2.05, 4.69) is 5.32 Å². The summed E-state index contributed by atoms with van der Waals surface area (Å²) in [5.74, 6) is -0.617. The summed E-state index contributed by atoms with van der Waals surface area (Å²) in [6.07, 6.45) is -0.123. The van der Waals surface area contributed by atoms with Gasteiger partial charge in [-0.25, -0.2) is 0 Å². The lowest BCUT2D eigenvalue weighted by molar-refractivity contribution is -0.147. The van der Waals surface area contributed by atoms with Gasteiger partial charge in [0.1, 0.15) is 0 Å². The summed E-state index contributed by atoms with van der Waals surface area (Å²) in [6.45, 7) is 3.59. The standard InChI is InChI=1S/C19H20ClNO3/c1-13(2)24-18(22)12-17(14-6-4-3-5-7-14)21-19(23)15-8-10-16(20)11-9-15/h3-11,13,17H,12H2,1-2H3,(H,21,23). The third-order valence-corrected chi connectivity index (χ3v) is 3.60. The molecule has 0 spiro atoms. The highest BCUT2D eigenvalue weighted by atomic mass is 35.5. The maximum absolute atomic E-state index is 12.4. The first-order valence-electron chi connectivity index (χ1n) is 7.76. The SMILES string of the molecule is CC(C)OC(=O)CC(NC(=O)c1ccc(Cl)cc1)c1ccccc1. The molecule has 24 heavy (non-hydrogen) atoms. The second kappa shape index (κ2) is 8.50. The Morgan fingerprint density at radius 2 is 1.67 bits per heavy atom. The predicted molar refractivity (Wildman–Crippen MR) is 93.9 cm³/mol. The van der Waals surface area contributed by atoms with Crippen molar-refractivity contribution in [3.05, 3.63) is 70.7 Å². The molecule has 126 valence electrons. The summed E-state index contributed by atoms with van der Waals surface area (Å²) in [6, 6.07) is 15.5. The molecule has 0 aromatic heterocycles. The van der Waals surface area contributed by atoms with E-state index in [1.54, 1.807) is 38.1 Å². The van der Waals surface area contributed by atoms with E-state index in [0.29, 0.717) is 10.6 Å². The largest absolute Gasteiger partial charge is 0.463 e. The second-order valence-corrected chi connectivity index (χ2v) is 6.12. The maximum atomic E-state index is 12.4. The summed E-state index contributed by atoms with van der Waals surface area (Å²) in [7, 11) is 0. The molecule has 1 N–H and O–H groups in total. The van der Waals surface area contributed by atoms with Gasteiger partial charge in [0.25, 0.3) is 5.91 Å². The van der Waals surface area contributed by atoms with Gasteiger partial charge in [-0.2, -0.15) is 0 Å². The van der Waals surface area contributed by atoms with Crippen molar-refractivity contribution in [3.63, 3.8) is 0 Å². The van der Waals surface area contributed by atoms with E-state index in [1.807, 2.05) is 30.3 Å². The summed E-state index contributed by atoms with van der Waals surface area (Å²) < 4.78 is 5.20. The zero-order chi connectivity index (χ0) is 17.5. The molecule has 0 aliphatic carbocycles. The number of hydrogen-bond acceptors (Lipinski definition) is 3. The molecule has 0 bridgehead atoms. The molecule has 0 radical (unpaired) electrons. The lowest BCUT2D eigenvalue weighted by atomic mass is 10.0. The minimum Gasteiger partial charge on any atom is -0.463 e. The molecule has 2 rings (SSSR count). The first-order valence-corrected chi connectivity index (χ1v) is 8.14. The highest BCUT2D eigenvalue weighted by Crippen LogP contribution is 2.19. The van der Waals surface area contributed by atoms with E-state index >= 15 is 0 Å². The summed E-state index contributed by atoms with van der Waals surface area (Å²) in [5, 5.41) is 3.45. The Morgan fingerprint density at radius 3 is 2.25 bits per heavy atom. The molecule has 4 nitrogen and oxygen atoms in total. The molecular weight excluding hydrogens is 326 g/mol. The maximum Gasteiger partial charge on any atom is 0.308 e. The minimum absolute atomic E-state index is 0.0710. The number of carbonyl (C=O) groups excluding carboxylic acids is 2. The summed E-state index contributed by atoms with van der Waals surface area (Å²) >= 11 is 5.84. The van der Waals surface area contributed by atoms with Crippen LogP contribution in [0.2, 0.25) is 5.02 Å². The van der Waals surface area contributed by atoms with Gasteiger partial charge in [0.15, 0.2) is 0 Å². The lowest BCUT2D eigenvalue weighted by Gasteiger charge is -2.19. The van der Waals surface area contributed by atoms with Crippen molar-refractivity contribution >= 4 is 23.5 Å². The van der Waals surface area contributed by atoms with Crippen LogP contribution in [-0.2, 0) is 9.53 Å². The average molecular weight is 346 g/mol. The van der Waals surface area contributed by atoms with Gasteiger partial charge in [-0.3, -0.25) is 9.59 Å². The Labute approximate surface area is 146 Å². The summed E-state index contributed by atoms with van der Waals surface area (Å²) in [5.41, 5.74) is 1.33. The van der Waals surface area contributed by atoms with Crippen molar-refractivity contribution in [3.8, 4) is 0 Å². The number of hydrogen-bond donors (Lipinski definition) is 1. The highest BCUT2D eigenvalue weighted by Gasteiger charge is 2.20. The van der Waals surface area contributed by atoms with Gasteiger partial charge in [-0.15, -0.1) is 0 Å². The van der Waals surface area contributed by atoms with Gasteiger partial charge in [0, 0.05) is 10.6 Å². The van der Waals surface area contributed by atoms with Gasteiger partial charge in [-0.1, -0.05) is 41.9 Å². The molecule has 0 aliphatic rings. The zero-order valence-electron chi connectivity index (χ0n) is 13.7. The van der Waals surface area contributed by atoms with Crippen molar-refractivity contribution in [2.75, 3.05) is 0 Å². The quantitative estimate of drug-likeness (QED) is 0.800. The number of halogens is 1. The Bertz CT molecular complexity index is 684. The van der Waals surface area contributed by atoms with Crippen molar-refractivity contribution in [1.82, 2.24) is 5.32 Å². The van der Waals surface area contributed by atoms with E-state index in [-0.39, 0.29) is 24.4 Å². The molecule has 0 aliphatic heterocycles. The fraction of sp³-hybridized carbons (Fsp3) is 0.263. The Balaban J connectivity index is 2.15. The van der Waals surface area contributed by atoms with Crippen LogP contribution >= 0.6 is 11.6 Å². The number of ether oxygens (including phenoxy) is 1. The molecule has 1 unspecified atom stereocenters. The van der Waals surface area contributed by atoms with Gasteiger partial charge in [-0.05, 0) is 43.7 Å². The van der Waals surface area contributed by atoms with Crippen LogP contribution in [0, 0.1) is 0 Å². The van der Waals surface area contributed by atoms with Crippen LogP contribution in [0.1, 0.15) is 42.2 Å². The van der Waals surface area contributed by atoms with E-state index in [4.69, 9.17) is 16.3 Å². The number of benzene rings is 2. The predicted octanol–water partition coefficient (Wildman–Crippen LogP) is 4.15. The van der Waals surface area contributed by atoms with Gasteiger partial charge >= 0.3 is 5.97 Å². The topological polar surface area (TPSA) is 55.4 Å². The van der Waals surface area contributed by atoms with Crippen molar-refractivity contribution < 1.29 is 14.3 Å². The zero-order valence-corrected chi connectivity index (χ0v) is 14.4. The Hall–Kier alpha value is -2.33. The minimum atomic E-state index is -0.458. The number of rotatable bonds is 6. The van der Waals surface area contributed by atoms with E-state index in [0.717, 1.165) is 5.56 Å². The number of amides is 1. The second-order valence-electron chi connectivity index (χ2n) is 5.69. The first kappa shape index (κ1) is 18.0. The highest BCUT2D eigenvalue weighted by molar-refractivity contribution is 6.30. The van der Waals surface area contributed by atoms with Crippen LogP contribution < -0.4 is 5.32 Å². The first-order chi connectivity index (χ1) is 11.5. The number of esters is 1. The molecule has 5 heteroatoms. The van der Waals surface area contributed by atoms with Crippen LogP contribution in [0.15, 0.2) is 54.6 Å². The molecule has 0 saturated carbocycles. The van der Waals surface area contributed by atoms with Crippen molar-refractivity contribution in [2.24, 2.45) is 0 Å². The van der Waals surface area contributed by atoms with Gasteiger partial charge < -0.3 is 10.1 Å². The van der Waals surface area contributed by atoms with Gasteiger partial charge in [0.05, 0.1) is 18.6 Å². The molecule has 1 amide bonds. The molecule has 0 fully saturated rings. The van der Waals surface area contributed by atoms with Crippen LogP contribution in [0.3, 0.4) is 0 Å². The van der Waals surface area contributed by atoms with Crippen LogP contribution in [-0.4, -0.2) is 18.0 Å². The van der Waals surface area contributed by atoms with E-state index in [1.165, 1.54) is 0 Å².